The van der Waals surface area contributed by atoms with Gasteiger partial charge in [0.05, 0.1) is 0 Å². The van der Waals surface area contributed by atoms with Crippen LogP contribution in [0.15, 0.2) is 46.3 Å². The lowest BCUT2D eigenvalue weighted by Crippen LogP contribution is -2.28. The minimum absolute atomic E-state index is 0.236. The van der Waals surface area contributed by atoms with Gasteiger partial charge >= 0.3 is 0 Å². The number of hydrogen-bond acceptors (Lipinski definition) is 3. The molecule has 1 heterocycles. The average molecular weight is 300 g/mol. The van der Waals surface area contributed by atoms with Gasteiger partial charge in [-0.15, -0.1) is 0 Å². The van der Waals surface area contributed by atoms with Gasteiger partial charge in [0, 0.05) is 25.0 Å². The largest absolute Gasteiger partial charge is 0.366 e. The first kappa shape index (κ1) is 14.4. The number of hydrogen-bond donors (Lipinski definition) is 2. The molecule has 5 nitrogen and oxygen atoms in total. The summed E-state index contributed by atoms with van der Waals surface area (Å²) in [6, 6.07) is 4.10. The fraction of sp³-hybridized carbons (Fsp3) is 0.0833. The molecule has 0 atom stereocenters. The van der Waals surface area contributed by atoms with Crippen LogP contribution in [0.1, 0.15) is 5.56 Å². The third-order valence-electron chi connectivity index (χ3n) is 2.53. The Bertz CT molecular complexity index is 787. The summed E-state index contributed by atoms with van der Waals surface area (Å²) in [4.78, 5) is 13.5. The summed E-state index contributed by atoms with van der Waals surface area (Å²) in [5.74, 6) is -2.09. The Labute approximate surface area is 113 Å². The van der Waals surface area contributed by atoms with Crippen LogP contribution < -0.4 is 10.2 Å². The van der Waals surface area contributed by atoms with Crippen molar-refractivity contribution < 1.29 is 17.2 Å². The number of rotatable bonds is 4. The van der Waals surface area contributed by atoms with Gasteiger partial charge in [0.1, 0.15) is 4.90 Å². The second-order valence-electron chi connectivity index (χ2n) is 3.95. The lowest BCUT2D eigenvalue weighted by atomic mass is 10.2. The Kier molecular flexibility index (Phi) is 3.96. The molecule has 2 aromatic rings. The quantitative estimate of drug-likeness (QED) is 0.888. The summed E-state index contributed by atoms with van der Waals surface area (Å²) in [5.41, 5.74) is -0.429. The van der Waals surface area contributed by atoms with Crippen LogP contribution >= 0.6 is 0 Å². The van der Waals surface area contributed by atoms with Gasteiger partial charge in [0.15, 0.2) is 11.6 Å². The number of nitrogens with one attached hydrogen (secondary N) is 2. The number of sulfonamides is 1. The van der Waals surface area contributed by atoms with Crippen LogP contribution in [0.4, 0.5) is 8.78 Å². The minimum Gasteiger partial charge on any atom is -0.366 e. The molecule has 1 aromatic heterocycles. The van der Waals surface area contributed by atoms with Gasteiger partial charge in [-0.1, -0.05) is 6.07 Å². The van der Waals surface area contributed by atoms with E-state index < -0.39 is 32.0 Å². The molecule has 0 aliphatic heterocycles. The molecule has 0 spiro atoms. The van der Waals surface area contributed by atoms with Gasteiger partial charge in [0.2, 0.25) is 15.5 Å². The van der Waals surface area contributed by atoms with Crippen LogP contribution in [0.2, 0.25) is 0 Å². The number of H-pyrrole nitrogens is 1. The maximum Gasteiger partial charge on any atom is 0.246 e. The summed E-state index contributed by atoms with van der Waals surface area (Å²) >= 11 is 0. The van der Waals surface area contributed by atoms with Crippen molar-refractivity contribution in [2.24, 2.45) is 0 Å². The number of pyridine rings is 1. The van der Waals surface area contributed by atoms with Gasteiger partial charge in [-0.05, 0) is 17.7 Å². The van der Waals surface area contributed by atoms with Crippen molar-refractivity contribution in [2.45, 2.75) is 11.4 Å². The molecule has 0 amide bonds. The van der Waals surface area contributed by atoms with Crippen LogP contribution in [-0.2, 0) is 16.6 Å². The van der Waals surface area contributed by atoms with Crippen molar-refractivity contribution in [3.8, 4) is 0 Å². The molecule has 0 saturated carbocycles. The highest BCUT2D eigenvalue weighted by molar-refractivity contribution is 7.89. The molecular weight excluding hydrogens is 290 g/mol. The molecule has 0 aliphatic carbocycles. The van der Waals surface area contributed by atoms with Crippen LogP contribution in [0.3, 0.4) is 0 Å². The molecular formula is C12H10F2N2O3S. The predicted molar refractivity (Wildman–Crippen MR) is 67.4 cm³/mol. The number of aromatic amines is 1. The fourth-order valence-corrected chi connectivity index (χ4v) is 2.58. The molecule has 0 unspecified atom stereocenters. The normalized spacial score (nSPS) is 11.5. The molecule has 0 aliphatic rings. The SMILES string of the molecule is O=c1cc[nH]cc1S(=O)(=O)NCc1ccc(F)c(F)c1. The topological polar surface area (TPSA) is 79.0 Å². The maximum atomic E-state index is 13.0. The van der Waals surface area contributed by atoms with E-state index in [1.165, 1.54) is 12.3 Å². The van der Waals surface area contributed by atoms with E-state index in [9.17, 15) is 22.0 Å². The summed E-state index contributed by atoms with van der Waals surface area (Å²) in [5, 5.41) is 0. The molecule has 20 heavy (non-hydrogen) atoms. The van der Waals surface area contributed by atoms with E-state index in [2.05, 4.69) is 9.71 Å². The molecule has 0 saturated heterocycles. The van der Waals surface area contributed by atoms with Crippen LogP contribution in [0, 0.1) is 11.6 Å². The average Bonchev–Trinajstić information content (AvgIpc) is 2.40. The van der Waals surface area contributed by atoms with Crippen molar-refractivity contribution in [3.63, 3.8) is 0 Å². The molecule has 0 radical (unpaired) electrons. The third kappa shape index (κ3) is 3.09. The zero-order valence-electron chi connectivity index (χ0n) is 10.1. The zero-order valence-corrected chi connectivity index (χ0v) is 10.9. The van der Waals surface area contributed by atoms with E-state index in [-0.39, 0.29) is 12.1 Å². The van der Waals surface area contributed by atoms with Gasteiger partial charge in [0.25, 0.3) is 0 Å². The Morgan fingerprint density at radius 2 is 1.90 bits per heavy atom. The highest BCUT2D eigenvalue weighted by Crippen LogP contribution is 2.09. The van der Waals surface area contributed by atoms with E-state index in [1.54, 1.807) is 0 Å². The van der Waals surface area contributed by atoms with E-state index in [4.69, 9.17) is 0 Å². The van der Waals surface area contributed by atoms with E-state index in [1.807, 2.05) is 0 Å². The predicted octanol–water partition coefficient (Wildman–Crippen LogP) is 1.13. The third-order valence-corrected chi connectivity index (χ3v) is 3.95. The Balaban J connectivity index is 2.20. The highest BCUT2D eigenvalue weighted by atomic mass is 32.2. The van der Waals surface area contributed by atoms with E-state index in [0.717, 1.165) is 24.4 Å². The Hall–Kier alpha value is -2.06. The second-order valence-corrected chi connectivity index (χ2v) is 5.68. The van der Waals surface area contributed by atoms with Crippen molar-refractivity contribution in [2.75, 3.05) is 0 Å². The molecule has 2 rings (SSSR count). The van der Waals surface area contributed by atoms with Crippen molar-refractivity contribution in [1.82, 2.24) is 9.71 Å². The van der Waals surface area contributed by atoms with E-state index in [0.29, 0.717) is 0 Å². The summed E-state index contributed by atoms with van der Waals surface area (Å²) < 4.78 is 51.6. The smallest absolute Gasteiger partial charge is 0.246 e. The van der Waals surface area contributed by atoms with Crippen LogP contribution in [0.25, 0.3) is 0 Å². The minimum atomic E-state index is -4.02. The summed E-state index contributed by atoms with van der Waals surface area (Å²) in [6.07, 6.45) is 2.35. The second kappa shape index (κ2) is 5.51. The number of benzene rings is 1. The molecule has 8 heteroatoms. The van der Waals surface area contributed by atoms with Gasteiger partial charge in [-0.2, -0.15) is 0 Å². The maximum absolute atomic E-state index is 13.0. The Morgan fingerprint density at radius 3 is 2.55 bits per heavy atom. The zero-order chi connectivity index (χ0) is 14.8. The monoisotopic (exact) mass is 300 g/mol. The van der Waals surface area contributed by atoms with Gasteiger partial charge in [-0.25, -0.2) is 21.9 Å². The molecule has 0 bridgehead atoms. The van der Waals surface area contributed by atoms with Crippen molar-refractivity contribution in [1.29, 1.82) is 0 Å². The van der Waals surface area contributed by atoms with Crippen LogP contribution in [0.5, 0.6) is 0 Å². The molecule has 106 valence electrons. The van der Waals surface area contributed by atoms with Crippen molar-refractivity contribution in [3.05, 3.63) is 64.1 Å². The number of aromatic nitrogens is 1. The summed E-state index contributed by atoms with van der Waals surface area (Å²) in [6.45, 7) is -0.256. The molecule has 2 N–H and O–H groups in total. The first-order valence-electron chi connectivity index (χ1n) is 5.51. The van der Waals surface area contributed by atoms with Crippen LogP contribution in [-0.4, -0.2) is 13.4 Å². The Morgan fingerprint density at radius 1 is 1.15 bits per heavy atom. The lowest BCUT2D eigenvalue weighted by Gasteiger charge is -2.06. The number of halogens is 2. The molecule has 0 fully saturated rings. The first-order valence-corrected chi connectivity index (χ1v) is 6.99. The van der Waals surface area contributed by atoms with E-state index >= 15 is 0 Å². The lowest BCUT2D eigenvalue weighted by molar-refractivity contribution is 0.506. The molecule has 1 aromatic carbocycles. The highest BCUT2D eigenvalue weighted by Gasteiger charge is 2.17. The van der Waals surface area contributed by atoms with Crippen molar-refractivity contribution >= 4 is 10.0 Å². The van der Waals surface area contributed by atoms with Gasteiger partial charge in [-0.3, -0.25) is 4.79 Å². The standard InChI is InChI=1S/C12H10F2N2O3S/c13-9-2-1-8(5-10(9)14)6-16-20(18,19)12-7-15-4-3-11(12)17/h1-5,7,16H,6H2,(H,15,17). The fourth-order valence-electron chi connectivity index (χ4n) is 1.52. The van der Waals surface area contributed by atoms with Gasteiger partial charge < -0.3 is 4.98 Å². The summed E-state index contributed by atoms with van der Waals surface area (Å²) in [7, 11) is -4.02. The first-order chi connectivity index (χ1) is 9.40.